The van der Waals surface area contributed by atoms with Crippen molar-refractivity contribution < 1.29 is 4.79 Å². The molecule has 1 aromatic heterocycles. The molecular formula is C38H35N3O2. The number of amides is 1. The van der Waals surface area contributed by atoms with E-state index in [-0.39, 0.29) is 11.5 Å². The Kier molecular flexibility index (Phi) is 8.14. The van der Waals surface area contributed by atoms with Gasteiger partial charge in [-0.2, -0.15) is 0 Å². The topological polar surface area (TPSA) is 55.2 Å². The van der Waals surface area contributed by atoms with Crippen LogP contribution in [0.25, 0.3) is 27.4 Å². The van der Waals surface area contributed by atoms with Gasteiger partial charge in [0, 0.05) is 12.1 Å². The third-order valence-electron chi connectivity index (χ3n) is 8.21. The van der Waals surface area contributed by atoms with Gasteiger partial charge in [-0.25, -0.2) is 4.98 Å². The number of para-hydroxylation sites is 1. The zero-order chi connectivity index (χ0) is 29.8. The van der Waals surface area contributed by atoms with Crippen LogP contribution < -0.4 is 5.56 Å². The van der Waals surface area contributed by atoms with Crippen LogP contribution in [0.1, 0.15) is 53.6 Å². The summed E-state index contributed by atoms with van der Waals surface area (Å²) in [7, 11) is 0. The fourth-order valence-electron chi connectivity index (χ4n) is 5.83. The smallest absolute Gasteiger partial charge is 0.266 e. The van der Waals surface area contributed by atoms with Gasteiger partial charge in [0.2, 0.25) is 0 Å². The first-order valence-corrected chi connectivity index (χ1v) is 15.0. The van der Waals surface area contributed by atoms with E-state index in [9.17, 15) is 9.59 Å². The van der Waals surface area contributed by atoms with Crippen LogP contribution in [0.3, 0.4) is 0 Å². The molecule has 0 bridgehead atoms. The van der Waals surface area contributed by atoms with Gasteiger partial charge in [0.15, 0.2) is 0 Å². The van der Waals surface area contributed by atoms with Crippen LogP contribution in [0.4, 0.5) is 0 Å². The summed E-state index contributed by atoms with van der Waals surface area (Å²) >= 11 is 0. The zero-order valence-electron chi connectivity index (χ0n) is 24.6. The molecular weight excluding hydrogens is 530 g/mol. The maximum Gasteiger partial charge on any atom is 0.266 e. The first kappa shape index (κ1) is 28.1. The molecule has 0 radical (unpaired) electrons. The van der Waals surface area contributed by atoms with Crippen molar-refractivity contribution in [3.63, 3.8) is 0 Å². The second kappa shape index (κ2) is 12.5. The van der Waals surface area contributed by atoms with E-state index in [1.54, 1.807) is 4.57 Å². The largest absolute Gasteiger partial charge is 0.328 e. The molecule has 6 rings (SSSR count). The Balaban J connectivity index is 1.51. The maximum atomic E-state index is 14.5. The highest BCUT2D eigenvalue weighted by molar-refractivity contribution is 5.98. The van der Waals surface area contributed by atoms with Gasteiger partial charge in [0.25, 0.3) is 11.5 Å². The Morgan fingerprint density at radius 2 is 1.47 bits per heavy atom. The summed E-state index contributed by atoms with van der Waals surface area (Å²) in [5.41, 5.74) is 4.19. The van der Waals surface area contributed by atoms with Crippen LogP contribution in [0, 0.1) is 0 Å². The minimum atomic E-state index is -0.439. The van der Waals surface area contributed by atoms with Crippen LogP contribution in [0.2, 0.25) is 0 Å². The number of aryl methyl sites for hydroxylation is 1. The number of carbonyl (C=O) groups is 1. The fourth-order valence-corrected chi connectivity index (χ4v) is 5.83. The summed E-state index contributed by atoms with van der Waals surface area (Å²) < 4.78 is 1.71. The molecule has 0 N–H and O–H groups in total. The Bertz CT molecular complexity index is 1940. The molecule has 0 aliphatic rings. The molecule has 0 saturated carbocycles. The predicted octanol–water partition coefficient (Wildman–Crippen LogP) is 7.94. The van der Waals surface area contributed by atoms with Crippen molar-refractivity contribution in [3.05, 3.63) is 154 Å². The van der Waals surface area contributed by atoms with Crippen LogP contribution in [-0.2, 0) is 12.8 Å². The van der Waals surface area contributed by atoms with E-state index in [0.717, 1.165) is 28.4 Å². The van der Waals surface area contributed by atoms with E-state index in [4.69, 9.17) is 4.98 Å². The summed E-state index contributed by atoms with van der Waals surface area (Å²) in [4.78, 5) is 35.6. The number of carbonyl (C=O) groups excluding carboxylic acids is 1. The first-order chi connectivity index (χ1) is 21.1. The average Bonchev–Trinajstić information content (AvgIpc) is 3.06. The summed E-state index contributed by atoms with van der Waals surface area (Å²) in [6, 6.07) is 39.2. The molecule has 0 saturated heterocycles. The number of benzene rings is 5. The zero-order valence-corrected chi connectivity index (χ0v) is 24.6. The fraction of sp³-hybridized carbons (Fsp3) is 0.184. The van der Waals surface area contributed by atoms with Crippen molar-refractivity contribution in [1.29, 1.82) is 0 Å². The lowest BCUT2D eigenvalue weighted by atomic mass is 10.0. The minimum Gasteiger partial charge on any atom is -0.328 e. The van der Waals surface area contributed by atoms with E-state index in [2.05, 4.69) is 38.1 Å². The third kappa shape index (κ3) is 5.71. The van der Waals surface area contributed by atoms with Gasteiger partial charge in [-0.05, 0) is 77.6 Å². The Morgan fingerprint density at radius 1 is 0.767 bits per heavy atom. The highest BCUT2D eigenvalue weighted by atomic mass is 16.2. The van der Waals surface area contributed by atoms with Crippen LogP contribution in [-0.4, -0.2) is 26.9 Å². The molecule has 6 aromatic rings. The van der Waals surface area contributed by atoms with Crippen LogP contribution in [0.15, 0.2) is 126 Å². The summed E-state index contributed by atoms with van der Waals surface area (Å²) in [5.74, 6) is 0.487. The van der Waals surface area contributed by atoms with E-state index in [1.165, 1.54) is 5.56 Å². The Hall–Kier alpha value is -5.03. The number of nitrogens with zero attached hydrogens (tertiary/aromatic N) is 3. The van der Waals surface area contributed by atoms with Gasteiger partial charge in [0.05, 0.1) is 22.6 Å². The molecule has 0 aliphatic carbocycles. The van der Waals surface area contributed by atoms with Crippen molar-refractivity contribution in [1.82, 2.24) is 14.5 Å². The average molecular weight is 566 g/mol. The lowest BCUT2D eigenvalue weighted by Crippen LogP contribution is -2.39. The van der Waals surface area contributed by atoms with Crippen LogP contribution in [0.5, 0.6) is 0 Å². The molecule has 43 heavy (non-hydrogen) atoms. The van der Waals surface area contributed by atoms with Crippen molar-refractivity contribution in [2.75, 3.05) is 6.54 Å². The maximum absolute atomic E-state index is 14.5. The van der Waals surface area contributed by atoms with Gasteiger partial charge < -0.3 is 4.90 Å². The van der Waals surface area contributed by atoms with Gasteiger partial charge in [0.1, 0.15) is 5.82 Å². The lowest BCUT2D eigenvalue weighted by molar-refractivity contribution is 0.0662. The molecule has 1 atom stereocenters. The Morgan fingerprint density at radius 3 is 2.21 bits per heavy atom. The van der Waals surface area contributed by atoms with Crippen molar-refractivity contribution >= 4 is 27.6 Å². The summed E-state index contributed by atoms with van der Waals surface area (Å²) in [5, 5.41) is 2.65. The van der Waals surface area contributed by atoms with E-state index >= 15 is 0 Å². The normalized spacial score (nSPS) is 12.0. The second-order valence-electron chi connectivity index (χ2n) is 10.9. The van der Waals surface area contributed by atoms with E-state index < -0.39 is 6.04 Å². The molecule has 5 nitrogen and oxygen atoms in total. The highest BCUT2D eigenvalue weighted by Crippen LogP contribution is 2.29. The van der Waals surface area contributed by atoms with Gasteiger partial charge in [-0.15, -0.1) is 0 Å². The van der Waals surface area contributed by atoms with Crippen molar-refractivity contribution in [2.45, 2.75) is 39.2 Å². The van der Waals surface area contributed by atoms with Crippen molar-refractivity contribution in [2.24, 2.45) is 0 Å². The molecule has 0 fully saturated rings. The quantitative estimate of drug-likeness (QED) is 0.179. The molecule has 5 heteroatoms. The standard InChI is InChI=1S/C38H35N3O2/c1-3-27-18-22-32(23-19-27)41-36(39-34-17-11-10-16-33(34)38(41)43)35(4-2)40(25-24-28-12-6-5-7-13-28)37(42)31-21-20-29-14-8-9-15-30(29)26-31/h5-23,26,35H,3-4,24-25H2,1-2H3. The predicted molar refractivity (Wildman–Crippen MR) is 175 cm³/mol. The van der Waals surface area contributed by atoms with Crippen LogP contribution >= 0.6 is 0 Å². The number of hydrogen-bond acceptors (Lipinski definition) is 3. The lowest BCUT2D eigenvalue weighted by Gasteiger charge is -2.33. The molecule has 1 unspecified atom stereocenters. The number of aromatic nitrogens is 2. The monoisotopic (exact) mass is 565 g/mol. The molecule has 214 valence electrons. The number of hydrogen-bond donors (Lipinski definition) is 0. The first-order valence-electron chi connectivity index (χ1n) is 15.0. The molecule has 1 amide bonds. The molecule has 1 heterocycles. The summed E-state index contributed by atoms with van der Waals surface area (Å²) in [6.07, 6.45) is 2.18. The molecule has 5 aromatic carbocycles. The third-order valence-corrected chi connectivity index (χ3v) is 8.21. The number of rotatable bonds is 9. The molecule has 0 aliphatic heterocycles. The van der Waals surface area contributed by atoms with Gasteiger partial charge >= 0.3 is 0 Å². The highest BCUT2D eigenvalue weighted by Gasteiger charge is 2.30. The van der Waals surface area contributed by atoms with Gasteiger partial charge in [-0.3, -0.25) is 14.2 Å². The minimum absolute atomic E-state index is 0.0798. The Labute approximate surface area is 252 Å². The molecule has 0 spiro atoms. The second-order valence-corrected chi connectivity index (χ2v) is 10.9. The van der Waals surface area contributed by atoms with Crippen molar-refractivity contribution in [3.8, 4) is 5.69 Å². The van der Waals surface area contributed by atoms with E-state index in [1.807, 2.05) is 102 Å². The number of fused-ring (bicyclic) bond motifs is 2. The van der Waals surface area contributed by atoms with Gasteiger partial charge in [-0.1, -0.05) is 98.8 Å². The van der Waals surface area contributed by atoms with E-state index in [0.29, 0.717) is 41.7 Å². The SMILES string of the molecule is CCc1ccc(-n2c(C(CC)N(CCc3ccccc3)C(=O)c3ccc4ccccc4c3)nc3ccccc3c2=O)cc1. The summed E-state index contributed by atoms with van der Waals surface area (Å²) in [6.45, 7) is 4.64.